The molecular weight excluding hydrogens is 378 g/mol. The second-order valence-electron chi connectivity index (χ2n) is 8.23. The van der Waals surface area contributed by atoms with Gasteiger partial charge in [0.25, 0.3) is 0 Å². The van der Waals surface area contributed by atoms with E-state index in [1.165, 1.54) is 0 Å². The highest BCUT2D eigenvalue weighted by Crippen LogP contribution is 2.20. The summed E-state index contributed by atoms with van der Waals surface area (Å²) in [5.41, 5.74) is 2.53. The van der Waals surface area contributed by atoms with Gasteiger partial charge >= 0.3 is 5.97 Å². The van der Waals surface area contributed by atoms with E-state index in [0.29, 0.717) is 19.8 Å². The van der Waals surface area contributed by atoms with Crippen LogP contribution in [0.15, 0.2) is 54.6 Å². The SMILES string of the molecule is CCOCCN(C(=O)Cc1ccc(-c2ccccc2)cc1)C(C)C(=O)OC(C)(C)C. The summed E-state index contributed by atoms with van der Waals surface area (Å²) < 4.78 is 10.9. The topological polar surface area (TPSA) is 55.8 Å². The number of rotatable bonds is 9. The van der Waals surface area contributed by atoms with Crippen molar-refractivity contribution in [1.29, 1.82) is 0 Å². The maximum atomic E-state index is 13.0. The molecule has 30 heavy (non-hydrogen) atoms. The van der Waals surface area contributed by atoms with Crippen LogP contribution in [0.25, 0.3) is 11.1 Å². The molecule has 5 heteroatoms. The smallest absolute Gasteiger partial charge is 0.329 e. The number of hydrogen-bond donors (Lipinski definition) is 0. The first-order valence-corrected chi connectivity index (χ1v) is 10.5. The van der Waals surface area contributed by atoms with Crippen LogP contribution < -0.4 is 0 Å². The first-order chi connectivity index (χ1) is 14.2. The zero-order chi connectivity index (χ0) is 22.1. The van der Waals surface area contributed by atoms with Crippen molar-refractivity contribution in [2.24, 2.45) is 0 Å². The number of amides is 1. The molecule has 0 aromatic heterocycles. The highest BCUT2D eigenvalue weighted by Gasteiger charge is 2.29. The second-order valence-corrected chi connectivity index (χ2v) is 8.23. The van der Waals surface area contributed by atoms with Gasteiger partial charge in [-0.15, -0.1) is 0 Å². The molecule has 0 radical (unpaired) electrons. The molecule has 1 amide bonds. The summed E-state index contributed by atoms with van der Waals surface area (Å²) in [7, 11) is 0. The fraction of sp³-hybridized carbons (Fsp3) is 0.440. The Morgan fingerprint density at radius 3 is 2.13 bits per heavy atom. The largest absolute Gasteiger partial charge is 0.458 e. The number of carbonyl (C=O) groups excluding carboxylic acids is 2. The lowest BCUT2D eigenvalue weighted by Gasteiger charge is -2.30. The summed E-state index contributed by atoms with van der Waals surface area (Å²) in [6.45, 7) is 10.3. The van der Waals surface area contributed by atoms with Crippen LogP contribution in [0, 0.1) is 0 Å². The summed E-state index contributed by atoms with van der Waals surface area (Å²) in [6, 6.07) is 17.4. The molecule has 0 spiro atoms. The van der Waals surface area contributed by atoms with E-state index in [1.807, 2.05) is 70.2 Å². The Morgan fingerprint density at radius 1 is 0.967 bits per heavy atom. The Kier molecular flexibility index (Phi) is 8.60. The van der Waals surface area contributed by atoms with Crippen molar-refractivity contribution < 1.29 is 19.1 Å². The predicted octanol–water partition coefficient (Wildman–Crippen LogP) is 4.49. The Bertz CT molecular complexity index is 809. The average Bonchev–Trinajstić information content (AvgIpc) is 2.70. The molecule has 0 heterocycles. The third-order valence-corrected chi connectivity index (χ3v) is 4.63. The third kappa shape index (κ3) is 7.30. The Hall–Kier alpha value is -2.66. The van der Waals surface area contributed by atoms with Crippen molar-refractivity contribution in [3.05, 3.63) is 60.2 Å². The van der Waals surface area contributed by atoms with Gasteiger partial charge in [0.2, 0.25) is 5.91 Å². The zero-order valence-electron chi connectivity index (χ0n) is 18.7. The van der Waals surface area contributed by atoms with Crippen molar-refractivity contribution in [1.82, 2.24) is 4.90 Å². The lowest BCUT2D eigenvalue weighted by Crippen LogP contribution is -2.47. The molecule has 162 valence electrons. The van der Waals surface area contributed by atoms with E-state index >= 15 is 0 Å². The molecule has 1 unspecified atom stereocenters. The van der Waals surface area contributed by atoms with Crippen LogP contribution in [0.1, 0.15) is 40.2 Å². The number of hydrogen-bond acceptors (Lipinski definition) is 4. The van der Waals surface area contributed by atoms with Gasteiger partial charge in [-0.25, -0.2) is 4.79 Å². The van der Waals surface area contributed by atoms with Crippen LogP contribution in [-0.2, 0) is 25.5 Å². The van der Waals surface area contributed by atoms with E-state index in [9.17, 15) is 9.59 Å². The van der Waals surface area contributed by atoms with Crippen molar-refractivity contribution in [2.45, 2.75) is 52.7 Å². The molecule has 0 N–H and O–H groups in total. The van der Waals surface area contributed by atoms with Gasteiger partial charge in [0.15, 0.2) is 0 Å². The van der Waals surface area contributed by atoms with E-state index in [1.54, 1.807) is 11.8 Å². The monoisotopic (exact) mass is 411 g/mol. The number of ether oxygens (including phenoxy) is 2. The van der Waals surface area contributed by atoms with Crippen LogP contribution in [0.2, 0.25) is 0 Å². The molecule has 2 aromatic carbocycles. The Labute approximate surface area is 180 Å². The molecule has 0 bridgehead atoms. The molecule has 0 aliphatic heterocycles. The van der Waals surface area contributed by atoms with Gasteiger partial charge in [0, 0.05) is 13.2 Å². The highest BCUT2D eigenvalue weighted by atomic mass is 16.6. The molecular formula is C25H33NO4. The second kappa shape index (κ2) is 10.9. The van der Waals surface area contributed by atoms with Gasteiger partial charge < -0.3 is 14.4 Å². The van der Waals surface area contributed by atoms with Gasteiger partial charge in [-0.05, 0) is 51.3 Å². The quantitative estimate of drug-likeness (QED) is 0.451. The minimum Gasteiger partial charge on any atom is -0.458 e. The van der Waals surface area contributed by atoms with Crippen LogP contribution >= 0.6 is 0 Å². The summed E-state index contributed by atoms with van der Waals surface area (Å²) in [5.74, 6) is -0.535. The van der Waals surface area contributed by atoms with E-state index in [2.05, 4.69) is 12.1 Å². The molecule has 5 nitrogen and oxygen atoms in total. The standard InChI is InChI=1S/C25H33NO4/c1-6-29-17-16-26(19(2)24(28)30-25(3,4)5)23(27)18-20-12-14-22(15-13-20)21-10-8-7-9-11-21/h7-15,19H,6,16-18H2,1-5H3. The summed E-state index contributed by atoms with van der Waals surface area (Å²) in [5, 5.41) is 0. The summed E-state index contributed by atoms with van der Waals surface area (Å²) >= 11 is 0. The van der Waals surface area contributed by atoms with E-state index < -0.39 is 17.6 Å². The third-order valence-electron chi connectivity index (χ3n) is 4.63. The normalized spacial score (nSPS) is 12.3. The minimum atomic E-state index is -0.680. The highest BCUT2D eigenvalue weighted by molar-refractivity contribution is 5.85. The molecule has 1 atom stereocenters. The van der Waals surface area contributed by atoms with Gasteiger partial charge in [-0.2, -0.15) is 0 Å². The van der Waals surface area contributed by atoms with Crippen molar-refractivity contribution in [3.8, 4) is 11.1 Å². The average molecular weight is 412 g/mol. The van der Waals surface area contributed by atoms with Crippen molar-refractivity contribution >= 4 is 11.9 Å². The number of carbonyl (C=O) groups is 2. The van der Waals surface area contributed by atoms with E-state index in [0.717, 1.165) is 16.7 Å². The van der Waals surface area contributed by atoms with Crippen LogP contribution in [0.4, 0.5) is 0 Å². The number of benzene rings is 2. The summed E-state index contributed by atoms with van der Waals surface area (Å²) in [6.07, 6.45) is 0.217. The maximum Gasteiger partial charge on any atom is 0.329 e. The van der Waals surface area contributed by atoms with Crippen molar-refractivity contribution in [3.63, 3.8) is 0 Å². The fourth-order valence-corrected chi connectivity index (χ4v) is 3.08. The van der Waals surface area contributed by atoms with Crippen LogP contribution in [0.5, 0.6) is 0 Å². The van der Waals surface area contributed by atoms with E-state index in [4.69, 9.17) is 9.47 Å². The number of nitrogens with zero attached hydrogens (tertiary/aromatic N) is 1. The first-order valence-electron chi connectivity index (χ1n) is 10.5. The maximum absolute atomic E-state index is 13.0. The lowest BCUT2D eigenvalue weighted by atomic mass is 10.0. The van der Waals surface area contributed by atoms with Crippen LogP contribution in [0.3, 0.4) is 0 Å². The fourth-order valence-electron chi connectivity index (χ4n) is 3.08. The van der Waals surface area contributed by atoms with Crippen molar-refractivity contribution in [2.75, 3.05) is 19.8 Å². The van der Waals surface area contributed by atoms with Gasteiger partial charge in [-0.1, -0.05) is 54.6 Å². The van der Waals surface area contributed by atoms with E-state index in [-0.39, 0.29) is 12.3 Å². The van der Waals surface area contributed by atoms with Gasteiger partial charge in [0.05, 0.1) is 13.0 Å². The Balaban J connectivity index is 2.10. The molecule has 0 saturated carbocycles. The van der Waals surface area contributed by atoms with Crippen LogP contribution in [-0.4, -0.2) is 48.2 Å². The molecule has 2 rings (SSSR count). The number of esters is 1. The molecule has 0 aliphatic carbocycles. The summed E-state index contributed by atoms with van der Waals surface area (Å²) in [4.78, 5) is 27.1. The lowest BCUT2D eigenvalue weighted by molar-refractivity contribution is -0.164. The van der Waals surface area contributed by atoms with Gasteiger partial charge in [-0.3, -0.25) is 4.79 Å². The molecule has 0 aliphatic rings. The minimum absolute atomic E-state index is 0.125. The first kappa shape index (κ1) is 23.6. The molecule has 0 fully saturated rings. The zero-order valence-corrected chi connectivity index (χ0v) is 18.7. The molecule has 2 aromatic rings. The Morgan fingerprint density at radius 2 is 1.57 bits per heavy atom. The van der Waals surface area contributed by atoms with Gasteiger partial charge in [0.1, 0.15) is 11.6 Å². The predicted molar refractivity (Wildman–Crippen MR) is 119 cm³/mol. The molecule has 0 saturated heterocycles.